The highest BCUT2D eigenvalue weighted by Crippen LogP contribution is 2.29. The molecule has 4 nitrogen and oxygen atoms in total. The number of ether oxygens (including phenoxy) is 2. The first-order valence-corrected chi connectivity index (χ1v) is 5.41. The average molecular weight is 234 g/mol. The first-order chi connectivity index (χ1) is 8.17. The third kappa shape index (κ3) is 1.98. The van der Waals surface area contributed by atoms with Crippen molar-refractivity contribution in [2.24, 2.45) is 0 Å². The maximum atomic E-state index is 11.8. The lowest BCUT2D eigenvalue weighted by Crippen LogP contribution is -2.05. The van der Waals surface area contributed by atoms with E-state index in [1.54, 1.807) is 39.2 Å². The van der Waals surface area contributed by atoms with Gasteiger partial charge in [-0.05, 0) is 26.0 Å². The van der Waals surface area contributed by atoms with Crippen molar-refractivity contribution in [3.05, 3.63) is 29.5 Å². The highest BCUT2D eigenvalue weighted by Gasteiger charge is 2.19. The largest absolute Gasteiger partial charge is 0.497 e. The summed E-state index contributed by atoms with van der Waals surface area (Å²) in [5, 5.41) is 0.752. The molecule has 0 amide bonds. The number of esters is 1. The van der Waals surface area contributed by atoms with Gasteiger partial charge in [0.25, 0.3) is 0 Å². The number of methoxy groups -OCH3 is 1. The maximum absolute atomic E-state index is 11.8. The van der Waals surface area contributed by atoms with Crippen LogP contribution in [0.1, 0.15) is 23.0 Å². The number of furan rings is 1. The fraction of sp³-hybridized carbons (Fsp3) is 0.308. The van der Waals surface area contributed by atoms with Crippen LogP contribution >= 0.6 is 0 Å². The number of fused-ring (bicyclic) bond motifs is 1. The number of rotatable bonds is 3. The molecule has 2 aromatic rings. The Hall–Kier alpha value is -1.97. The molecule has 0 aliphatic heterocycles. The third-order valence-corrected chi connectivity index (χ3v) is 2.55. The minimum Gasteiger partial charge on any atom is -0.497 e. The minimum atomic E-state index is -0.353. The van der Waals surface area contributed by atoms with Crippen LogP contribution in [0.3, 0.4) is 0 Å². The first-order valence-electron chi connectivity index (χ1n) is 5.41. The normalized spacial score (nSPS) is 10.5. The monoisotopic (exact) mass is 234 g/mol. The molecule has 0 unspecified atom stereocenters. The van der Waals surface area contributed by atoms with E-state index < -0.39 is 0 Å². The lowest BCUT2D eigenvalue weighted by Gasteiger charge is -2.01. The second-order valence-electron chi connectivity index (χ2n) is 3.62. The fourth-order valence-corrected chi connectivity index (χ4v) is 1.78. The number of benzene rings is 1. The van der Waals surface area contributed by atoms with Gasteiger partial charge in [0.15, 0.2) is 0 Å². The highest BCUT2D eigenvalue weighted by atomic mass is 16.5. The molecule has 0 fully saturated rings. The molecule has 17 heavy (non-hydrogen) atoms. The van der Waals surface area contributed by atoms with Crippen molar-refractivity contribution in [1.29, 1.82) is 0 Å². The van der Waals surface area contributed by atoms with Crippen molar-refractivity contribution < 1.29 is 18.7 Å². The second-order valence-corrected chi connectivity index (χ2v) is 3.62. The Labute approximate surface area is 99.1 Å². The molecule has 90 valence electrons. The van der Waals surface area contributed by atoms with E-state index in [2.05, 4.69) is 0 Å². The molecule has 0 bridgehead atoms. The topological polar surface area (TPSA) is 48.7 Å². The van der Waals surface area contributed by atoms with Crippen molar-refractivity contribution in [3.63, 3.8) is 0 Å². The molecule has 4 heteroatoms. The summed E-state index contributed by atoms with van der Waals surface area (Å²) in [6.07, 6.45) is 0. The van der Waals surface area contributed by atoms with Crippen molar-refractivity contribution >= 4 is 16.9 Å². The Kier molecular flexibility index (Phi) is 3.04. The van der Waals surface area contributed by atoms with Gasteiger partial charge < -0.3 is 13.9 Å². The first kappa shape index (κ1) is 11.5. The molecule has 0 aliphatic carbocycles. The van der Waals surface area contributed by atoms with Gasteiger partial charge in [0.2, 0.25) is 0 Å². The highest BCUT2D eigenvalue weighted by molar-refractivity contribution is 6.04. The number of aryl methyl sites for hydroxylation is 1. The van der Waals surface area contributed by atoms with E-state index in [1.165, 1.54) is 0 Å². The molecule has 1 aromatic carbocycles. The minimum absolute atomic E-state index is 0.348. The zero-order valence-corrected chi connectivity index (χ0v) is 10.1. The molecule has 0 atom stereocenters. The summed E-state index contributed by atoms with van der Waals surface area (Å²) in [5.74, 6) is 0.905. The molecule has 0 aliphatic rings. The SMILES string of the molecule is CCOC(=O)c1c(C)oc2cc(OC)ccc12. The van der Waals surface area contributed by atoms with Crippen molar-refractivity contribution in [1.82, 2.24) is 0 Å². The van der Waals surface area contributed by atoms with Gasteiger partial charge in [-0.25, -0.2) is 4.79 Å². The van der Waals surface area contributed by atoms with Gasteiger partial charge in [-0.15, -0.1) is 0 Å². The molecule has 0 radical (unpaired) electrons. The zero-order chi connectivity index (χ0) is 12.4. The predicted octanol–water partition coefficient (Wildman–Crippen LogP) is 2.93. The lowest BCUT2D eigenvalue weighted by atomic mass is 10.1. The number of hydrogen-bond acceptors (Lipinski definition) is 4. The second kappa shape index (κ2) is 4.49. The standard InChI is InChI=1S/C13H14O4/c1-4-16-13(14)12-8(2)17-11-7-9(15-3)5-6-10(11)12/h5-7H,4H2,1-3H3. The number of carbonyl (C=O) groups is 1. The maximum Gasteiger partial charge on any atom is 0.342 e. The Balaban J connectivity index is 2.56. The molecule has 2 rings (SSSR count). The summed E-state index contributed by atoms with van der Waals surface area (Å²) < 4.78 is 15.6. The van der Waals surface area contributed by atoms with Crippen molar-refractivity contribution in [2.45, 2.75) is 13.8 Å². The van der Waals surface area contributed by atoms with E-state index in [0.717, 1.165) is 5.39 Å². The molecule has 0 spiro atoms. The molecule has 0 saturated heterocycles. The van der Waals surface area contributed by atoms with E-state index in [1.807, 2.05) is 0 Å². The Morgan fingerprint density at radius 3 is 2.82 bits per heavy atom. The van der Waals surface area contributed by atoms with E-state index in [0.29, 0.717) is 29.3 Å². The van der Waals surface area contributed by atoms with Gasteiger partial charge in [0.1, 0.15) is 22.7 Å². The van der Waals surface area contributed by atoms with Crippen LogP contribution in [0.5, 0.6) is 5.75 Å². The molecular formula is C13H14O4. The summed E-state index contributed by atoms with van der Waals surface area (Å²) in [7, 11) is 1.59. The summed E-state index contributed by atoms with van der Waals surface area (Å²) in [5.41, 5.74) is 1.12. The van der Waals surface area contributed by atoms with Gasteiger partial charge in [-0.2, -0.15) is 0 Å². The van der Waals surface area contributed by atoms with Crippen LogP contribution in [0, 0.1) is 6.92 Å². The smallest absolute Gasteiger partial charge is 0.342 e. The summed E-state index contributed by atoms with van der Waals surface area (Å²) >= 11 is 0. The number of hydrogen-bond donors (Lipinski definition) is 0. The van der Waals surface area contributed by atoms with E-state index in [9.17, 15) is 4.79 Å². The summed E-state index contributed by atoms with van der Waals surface area (Å²) in [6, 6.07) is 5.35. The Morgan fingerprint density at radius 2 is 2.18 bits per heavy atom. The number of carbonyl (C=O) groups excluding carboxylic acids is 1. The van der Waals surface area contributed by atoms with Gasteiger partial charge in [-0.3, -0.25) is 0 Å². The van der Waals surface area contributed by atoms with Gasteiger partial charge >= 0.3 is 5.97 Å². The van der Waals surface area contributed by atoms with Crippen LogP contribution < -0.4 is 4.74 Å². The van der Waals surface area contributed by atoms with E-state index >= 15 is 0 Å². The molecule has 1 aromatic heterocycles. The molecular weight excluding hydrogens is 220 g/mol. The van der Waals surface area contributed by atoms with E-state index in [4.69, 9.17) is 13.9 Å². The van der Waals surface area contributed by atoms with Crippen LogP contribution in [0.15, 0.2) is 22.6 Å². The van der Waals surface area contributed by atoms with Crippen LogP contribution in [0.4, 0.5) is 0 Å². The summed E-state index contributed by atoms with van der Waals surface area (Å²) in [6.45, 7) is 3.87. The van der Waals surface area contributed by atoms with Crippen LogP contribution in [-0.2, 0) is 4.74 Å². The summed E-state index contributed by atoms with van der Waals surface area (Å²) in [4.78, 5) is 11.8. The van der Waals surface area contributed by atoms with E-state index in [-0.39, 0.29) is 5.97 Å². The van der Waals surface area contributed by atoms with Crippen molar-refractivity contribution in [3.8, 4) is 5.75 Å². The van der Waals surface area contributed by atoms with Crippen LogP contribution in [0.25, 0.3) is 11.0 Å². The van der Waals surface area contributed by atoms with Crippen LogP contribution in [0.2, 0.25) is 0 Å². The third-order valence-electron chi connectivity index (χ3n) is 2.55. The van der Waals surface area contributed by atoms with Gasteiger partial charge in [-0.1, -0.05) is 0 Å². The van der Waals surface area contributed by atoms with Crippen LogP contribution in [-0.4, -0.2) is 19.7 Å². The van der Waals surface area contributed by atoms with Gasteiger partial charge in [0, 0.05) is 11.5 Å². The Morgan fingerprint density at radius 1 is 1.41 bits per heavy atom. The molecule has 1 heterocycles. The van der Waals surface area contributed by atoms with Gasteiger partial charge in [0.05, 0.1) is 13.7 Å². The molecule has 0 N–H and O–H groups in total. The zero-order valence-electron chi connectivity index (χ0n) is 10.1. The predicted molar refractivity (Wildman–Crippen MR) is 63.5 cm³/mol. The average Bonchev–Trinajstić information content (AvgIpc) is 2.64. The Bertz CT molecular complexity index is 554. The fourth-order valence-electron chi connectivity index (χ4n) is 1.78. The lowest BCUT2D eigenvalue weighted by molar-refractivity contribution is 0.0526. The van der Waals surface area contributed by atoms with Crippen molar-refractivity contribution in [2.75, 3.05) is 13.7 Å². The quantitative estimate of drug-likeness (QED) is 0.766. The molecule has 0 saturated carbocycles.